The third-order valence-corrected chi connectivity index (χ3v) is 8.41. The third-order valence-electron chi connectivity index (χ3n) is 8.41. The zero-order valence-corrected chi connectivity index (χ0v) is 23.4. The molecule has 0 radical (unpaired) electrons. The first-order valence-electron chi connectivity index (χ1n) is 14.5. The molecule has 0 bridgehead atoms. The van der Waals surface area contributed by atoms with E-state index in [0.717, 1.165) is 63.0 Å². The molecule has 1 aliphatic carbocycles. The van der Waals surface area contributed by atoms with E-state index in [-0.39, 0.29) is 30.0 Å². The van der Waals surface area contributed by atoms with Crippen LogP contribution in [0, 0.1) is 0 Å². The minimum absolute atomic E-state index is 0.00478. The number of ether oxygens (including phenoxy) is 1. The van der Waals surface area contributed by atoms with Crippen molar-refractivity contribution in [3.63, 3.8) is 0 Å². The molecule has 1 atom stereocenters. The van der Waals surface area contributed by atoms with Crippen molar-refractivity contribution in [2.24, 2.45) is 0 Å². The molecule has 2 N–H and O–H groups in total. The van der Waals surface area contributed by atoms with Crippen LogP contribution in [0.4, 0.5) is 13.2 Å². The number of aromatic nitrogens is 1. The smallest absolute Gasteiger partial charge is 0.378 e. The molecule has 1 aromatic heterocycles. The molecular formula is C30H36F3N5O4. The quantitative estimate of drug-likeness (QED) is 0.516. The Morgan fingerprint density at radius 1 is 0.952 bits per heavy atom. The maximum absolute atomic E-state index is 12.9. The van der Waals surface area contributed by atoms with Gasteiger partial charge in [-0.2, -0.15) is 13.2 Å². The number of carbonyl (C=O) groups is 3. The number of nitrogens with one attached hydrogen (secondary N) is 2. The third kappa shape index (κ3) is 7.46. The minimum Gasteiger partial charge on any atom is -0.378 e. The maximum atomic E-state index is 12.9. The number of halogens is 3. The molecule has 2 aromatic rings. The van der Waals surface area contributed by atoms with Gasteiger partial charge in [-0.25, -0.2) is 0 Å². The molecule has 1 aromatic carbocycles. The van der Waals surface area contributed by atoms with Crippen molar-refractivity contribution < 1.29 is 32.3 Å². The first-order valence-corrected chi connectivity index (χ1v) is 14.5. The minimum atomic E-state index is -4.55. The lowest BCUT2D eigenvalue weighted by molar-refractivity contribution is -0.137. The van der Waals surface area contributed by atoms with Crippen molar-refractivity contribution in [2.75, 3.05) is 45.9 Å². The fourth-order valence-electron chi connectivity index (χ4n) is 6.07. The summed E-state index contributed by atoms with van der Waals surface area (Å²) in [6.07, 6.45) is 1.99. The van der Waals surface area contributed by atoms with Gasteiger partial charge in [0.15, 0.2) is 0 Å². The molecular weight excluding hydrogens is 551 g/mol. The van der Waals surface area contributed by atoms with Crippen molar-refractivity contribution in [1.82, 2.24) is 25.4 Å². The molecule has 9 nitrogen and oxygen atoms in total. The number of carbonyl (C=O) groups excluding carboxylic acids is 3. The Bertz CT molecular complexity index is 1260. The first kappa shape index (κ1) is 30.0. The lowest BCUT2D eigenvalue weighted by atomic mass is 9.83. The van der Waals surface area contributed by atoms with Crippen LogP contribution in [0.25, 0.3) is 0 Å². The summed E-state index contributed by atoms with van der Waals surface area (Å²) in [5.74, 6) is -0.747. The van der Waals surface area contributed by atoms with Crippen LogP contribution in [0.5, 0.6) is 0 Å². The van der Waals surface area contributed by atoms with Gasteiger partial charge < -0.3 is 20.3 Å². The number of nitrogens with zero attached hydrogens (tertiary/aromatic N) is 3. The summed E-state index contributed by atoms with van der Waals surface area (Å²) in [7, 11) is 0. The van der Waals surface area contributed by atoms with E-state index in [1.54, 1.807) is 11.1 Å². The summed E-state index contributed by atoms with van der Waals surface area (Å²) < 4.78 is 44.1. The molecule has 0 spiro atoms. The number of benzene rings is 1. The van der Waals surface area contributed by atoms with Crippen LogP contribution < -0.4 is 10.6 Å². The summed E-state index contributed by atoms with van der Waals surface area (Å²) in [5, 5.41) is 5.35. The fraction of sp³-hybridized carbons (Fsp3) is 0.533. The summed E-state index contributed by atoms with van der Waals surface area (Å²) in [6.45, 7) is 3.62. The summed E-state index contributed by atoms with van der Waals surface area (Å²) in [5.41, 5.74) is 0.568. The Morgan fingerprint density at radius 2 is 1.71 bits per heavy atom. The van der Waals surface area contributed by atoms with Crippen molar-refractivity contribution in [3.05, 3.63) is 65.0 Å². The molecule has 1 saturated carbocycles. The number of alkyl halides is 3. The van der Waals surface area contributed by atoms with E-state index < -0.39 is 17.6 Å². The van der Waals surface area contributed by atoms with Gasteiger partial charge in [-0.15, -0.1) is 0 Å². The van der Waals surface area contributed by atoms with E-state index in [9.17, 15) is 27.6 Å². The largest absolute Gasteiger partial charge is 0.416 e. The number of rotatable bonds is 7. The van der Waals surface area contributed by atoms with Crippen molar-refractivity contribution in [1.29, 1.82) is 0 Å². The van der Waals surface area contributed by atoms with Gasteiger partial charge in [0.25, 0.3) is 11.8 Å². The molecule has 3 heterocycles. The predicted octanol–water partition coefficient (Wildman–Crippen LogP) is 3.22. The Balaban J connectivity index is 1.03. The van der Waals surface area contributed by atoms with Crippen molar-refractivity contribution in [3.8, 4) is 0 Å². The van der Waals surface area contributed by atoms with E-state index in [1.165, 1.54) is 12.1 Å². The number of morpholine rings is 1. The molecule has 5 rings (SSSR count). The van der Waals surface area contributed by atoms with Gasteiger partial charge in [-0.05, 0) is 62.4 Å². The van der Waals surface area contributed by atoms with Gasteiger partial charge in [0.1, 0.15) is 0 Å². The lowest BCUT2D eigenvalue weighted by Gasteiger charge is -2.34. The molecule has 2 aliphatic heterocycles. The second-order valence-corrected chi connectivity index (χ2v) is 11.2. The lowest BCUT2D eigenvalue weighted by Crippen LogP contribution is -2.44. The second-order valence-electron chi connectivity index (χ2n) is 11.2. The summed E-state index contributed by atoms with van der Waals surface area (Å²) in [6, 6.07) is 8.35. The Labute approximate surface area is 242 Å². The average molecular weight is 588 g/mol. The normalized spacial score (nSPS) is 23.4. The van der Waals surface area contributed by atoms with E-state index in [4.69, 9.17) is 4.74 Å². The number of hydrogen-bond acceptors (Lipinski definition) is 6. The zero-order chi connectivity index (χ0) is 29.7. The molecule has 226 valence electrons. The molecule has 3 aliphatic rings. The van der Waals surface area contributed by atoms with Gasteiger partial charge in [0, 0.05) is 61.6 Å². The van der Waals surface area contributed by atoms with Crippen LogP contribution in [-0.2, 0) is 15.7 Å². The monoisotopic (exact) mass is 587 g/mol. The van der Waals surface area contributed by atoms with Crippen LogP contribution in [-0.4, -0.2) is 90.5 Å². The van der Waals surface area contributed by atoms with Gasteiger partial charge in [-0.1, -0.05) is 6.07 Å². The van der Waals surface area contributed by atoms with E-state index in [0.29, 0.717) is 43.8 Å². The second kappa shape index (κ2) is 13.2. The summed E-state index contributed by atoms with van der Waals surface area (Å²) >= 11 is 0. The van der Waals surface area contributed by atoms with Gasteiger partial charge in [-0.3, -0.25) is 24.3 Å². The molecule has 42 heavy (non-hydrogen) atoms. The number of amides is 3. The van der Waals surface area contributed by atoms with E-state index in [2.05, 4.69) is 20.5 Å². The highest BCUT2D eigenvalue weighted by molar-refractivity contribution is 5.96. The maximum Gasteiger partial charge on any atom is 0.416 e. The Hall–Kier alpha value is -3.51. The number of pyridine rings is 1. The SMILES string of the molecule is O=C(CNC(=O)c1cccc(C(F)(F)F)c1)N[C@@H]1CCN(C2CCC(c3ccc(C(=O)N4CCOCC4)cn3)CC2)C1. The summed E-state index contributed by atoms with van der Waals surface area (Å²) in [4.78, 5) is 46.2. The Kier molecular flexibility index (Phi) is 9.42. The first-order chi connectivity index (χ1) is 20.2. The van der Waals surface area contributed by atoms with Crippen LogP contribution in [0.15, 0.2) is 42.6 Å². The molecule has 0 unspecified atom stereocenters. The van der Waals surface area contributed by atoms with Crippen LogP contribution in [0.3, 0.4) is 0 Å². The highest BCUT2D eigenvalue weighted by Crippen LogP contribution is 2.35. The molecule has 3 amide bonds. The van der Waals surface area contributed by atoms with Crippen LogP contribution >= 0.6 is 0 Å². The van der Waals surface area contributed by atoms with Gasteiger partial charge >= 0.3 is 6.18 Å². The Morgan fingerprint density at radius 3 is 2.40 bits per heavy atom. The van der Waals surface area contributed by atoms with Gasteiger partial charge in [0.05, 0.1) is 30.9 Å². The number of hydrogen-bond donors (Lipinski definition) is 2. The van der Waals surface area contributed by atoms with Crippen molar-refractivity contribution >= 4 is 17.7 Å². The van der Waals surface area contributed by atoms with Gasteiger partial charge in [0.2, 0.25) is 5.91 Å². The fourth-order valence-corrected chi connectivity index (χ4v) is 6.07. The topological polar surface area (TPSA) is 104 Å². The predicted molar refractivity (Wildman–Crippen MR) is 148 cm³/mol. The number of likely N-dealkylation sites (tertiary alicyclic amines) is 1. The molecule has 3 fully saturated rings. The van der Waals surface area contributed by atoms with E-state index >= 15 is 0 Å². The van der Waals surface area contributed by atoms with Crippen LogP contribution in [0.1, 0.15) is 70.0 Å². The highest BCUT2D eigenvalue weighted by atomic mass is 19.4. The standard InChI is InChI=1S/C30H36F3N5O4/c31-30(32,33)23-3-1-2-21(16-23)28(40)35-18-27(39)36-24-10-11-38(19-24)25-7-4-20(5-8-25)26-9-6-22(17-34-26)29(41)37-12-14-42-15-13-37/h1-3,6,9,16-17,20,24-25H,4-5,7-8,10-15,18-19H2,(H,35,40)(H,36,39)/t20?,24-,25?/m1/s1. The molecule has 2 saturated heterocycles. The zero-order valence-electron chi connectivity index (χ0n) is 23.4. The molecule has 12 heteroatoms. The highest BCUT2D eigenvalue weighted by Gasteiger charge is 2.33. The van der Waals surface area contributed by atoms with Crippen molar-refractivity contribution in [2.45, 2.75) is 56.3 Å². The average Bonchev–Trinajstić information content (AvgIpc) is 3.48. The van der Waals surface area contributed by atoms with E-state index in [1.807, 2.05) is 12.1 Å². The van der Waals surface area contributed by atoms with Crippen LogP contribution in [0.2, 0.25) is 0 Å².